The molecule has 66 heavy (non-hydrogen) atoms. The van der Waals surface area contributed by atoms with Crippen LogP contribution in [0.5, 0.6) is 0 Å². The minimum absolute atomic E-state index is 0.548. The zero-order valence-electron chi connectivity index (χ0n) is 35.2. The highest BCUT2D eigenvalue weighted by Gasteiger charge is 2.22. The van der Waals surface area contributed by atoms with Crippen molar-refractivity contribution in [2.45, 2.75) is 0 Å². The van der Waals surface area contributed by atoms with Crippen molar-refractivity contribution in [2.24, 2.45) is 0 Å². The van der Waals surface area contributed by atoms with Gasteiger partial charge in [0.2, 0.25) is 0 Å². The molecule has 6 nitrogen and oxygen atoms in total. The minimum atomic E-state index is 0.548. The smallest absolute Gasteiger partial charge is 0.166 e. The summed E-state index contributed by atoms with van der Waals surface area (Å²) in [6.45, 7) is 0. The van der Waals surface area contributed by atoms with Gasteiger partial charge in [0.05, 0.1) is 40.0 Å². The summed E-state index contributed by atoms with van der Waals surface area (Å²) in [7, 11) is 0. The van der Waals surface area contributed by atoms with Crippen molar-refractivity contribution < 1.29 is 0 Å². The molecule has 0 N–H and O–H groups in total. The maximum Gasteiger partial charge on any atom is 0.166 e. The Hall–Kier alpha value is -9.01. The first kappa shape index (κ1) is 38.6. The summed E-state index contributed by atoms with van der Waals surface area (Å²) in [4.78, 5) is 15.7. The summed E-state index contributed by atoms with van der Waals surface area (Å²) in [6, 6.07) is 75.2. The average molecular weight is 859 g/mol. The summed E-state index contributed by atoms with van der Waals surface area (Å²) in [5.74, 6) is 1.71. The minimum Gasteiger partial charge on any atom is -0.308 e. The van der Waals surface area contributed by atoms with E-state index in [1.54, 1.807) is 0 Å². The van der Waals surface area contributed by atoms with E-state index in [0.717, 1.165) is 77.6 Å². The summed E-state index contributed by atoms with van der Waals surface area (Å²) in [6.07, 6.45) is 0. The molecule has 0 spiro atoms. The van der Waals surface area contributed by atoms with Gasteiger partial charge in [-0.15, -0.1) is 11.3 Å². The van der Waals surface area contributed by atoms with Gasteiger partial charge in [0.25, 0.3) is 0 Å². The molecular formula is C59H34N6S. The highest BCUT2D eigenvalue weighted by atomic mass is 32.1. The molecule has 3 heterocycles. The predicted octanol–water partition coefficient (Wildman–Crippen LogP) is 15.1. The van der Waals surface area contributed by atoms with Crippen LogP contribution in [0.1, 0.15) is 11.1 Å². The van der Waals surface area contributed by atoms with Gasteiger partial charge in [-0.1, -0.05) is 133 Å². The van der Waals surface area contributed by atoms with Crippen molar-refractivity contribution in [3.63, 3.8) is 0 Å². The topological polar surface area (TPSA) is 91.2 Å². The highest BCUT2D eigenvalue weighted by molar-refractivity contribution is 7.25. The van der Waals surface area contributed by atoms with Gasteiger partial charge < -0.3 is 4.57 Å². The van der Waals surface area contributed by atoms with Crippen molar-refractivity contribution >= 4 is 53.3 Å². The van der Waals surface area contributed by atoms with Crippen LogP contribution >= 0.6 is 11.3 Å². The highest BCUT2D eigenvalue weighted by Crippen LogP contribution is 2.44. The third kappa shape index (κ3) is 6.67. The van der Waals surface area contributed by atoms with Crippen molar-refractivity contribution in [2.75, 3.05) is 0 Å². The molecule has 0 saturated heterocycles. The molecule has 9 aromatic carbocycles. The Morgan fingerprint density at radius 1 is 0.364 bits per heavy atom. The van der Waals surface area contributed by atoms with Gasteiger partial charge in [-0.25, -0.2) is 15.0 Å². The number of hydrogen-bond acceptors (Lipinski definition) is 6. The number of aromatic nitrogens is 4. The zero-order chi connectivity index (χ0) is 44.1. The molecule has 12 aromatic rings. The number of benzene rings is 9. The lowest BCUT2D eigenvalue weighted by Crippen LogP contribution is -2.04. The number of fused-ring (bicyclic) bond motifs is 6. The molecule has 0 bridgehead atoms. The first-order valence-corrected chi connectivity index (χ1v) is 22.4. The van der Waals surface area contributed by atoms with E-state index in [0.29, 0.717) is 28.6 Å². The van der Waals surface area contributed by atoms with E-state index in [9.17, 15) is 10.5 Å². The molecule has 7 heteroatoms. The van der Waals surface area contributed by atoms with Crippen molar-refractivity contribution in [3.8, 4) is 85.4 Å². The molecule has 0 aliphatic carbocycles. The SMILES string of the molecule is N#Cc1cccc(-c2ccc3c(c2)c2cc(-c4cccc(C#N)c4)ccc2n3-c2ccc(-c3cccc4sc5ccccc5c34)cc2-c2nc(-c3ccccc3)nc(-c3ccccc3)n2)c1. The second kappa shape index (κ2) is 16.0. The number of nitrogens with zero attached hydrogens (tertiary/aromatic N) is 6. The molecule has 0 atom stereocenters. The molecule has 0 amide bonds. The lowest BCUT2D eigenvalue weighted by atomic mass is 9.96. The fraction of sp³-hybridized carbons (Fsp3) is 0. The van der Waals surface area contributed by atoms with E-state index in [2.05, 4.69) is 114 Å². The van der Waals surface area contributed by atoms with E-state index < -0.39 is 0 Å². The number of nitriles is 2. The normalized spacial score (nSPS) is 11.3. The Kier molecular flexibility index (Phi) is 9.35. The van der Waals surface area contributed by atoms with Gasteiger partial charge >= 0.3 is 0 Å². The number of rotatable bonds is 7. The maximum atomic E-state index is 9.80. The predicted molar refractivity (Wildman–Crippen MR) is 269 cm³/mol. The largest absolute Gasteiger partial charge is 0.308 e. The molecule has 0 saturated carbocycles. The van der Waals surface area contributed by atoms with E-state index in [-0.39, 0.29) is 0 Å². The fourth-order valence-electron chi connectivity index (χ4n) is 9.20. The van der Waals surface area contributed by atoms with Crippen LogP contribution < -0.4 is 0 Å². The fourth-order valence-corrected chi connectivity index (χ4v) is 10.3. The molecule has 0 aliphatic heterocycles. The van der Waals surface area contributed by atoms with Crippen LogP contribution in [-0.4, -0.2) is 19.5 Å². The Morgan fingerprint density at radius 2 is 0.864 bits per heavy atom. The molecule has 0 aliphatic rings. The molecule has 3 aromatic heterocycles. The van der Waals surface area contributed by atoms with E-state index in [4.69, 9.17) is 15.0 Å². The average Bonchev–Trinajstić information content (AvgIpc) is 3.94. The molecular weight excluding hydrogens is 825 g/mol. The lowest BCUT2D eigenvalue weighted by molar-refractivity contribution is 1.06. The van der Waals surface area contributed by atoms with E-state index in [1.807, 2.05) is 121 Å². The second-order valence-electron chi connectivity index (χ2n) is 16.2. The quantitative estimate of drug-likeness (QED) is 0.159. The van der Waals surface area contributed by atoms with Gasteiger partial charge in [0.15, 0.2) is 17.5 Å². The van der Waals surface area contributed by atoms with Gasteiger partial charge in [-0.3, -0.25) is 0 Å². The van der Waals surface area contributed by atoms with Crippen LogP contribution in [0.3, 0.4) is 0 Å². The van der Waals surface area contributed by atoms with E-state index >= 15 is 0 Å². The van der Waals surface area contributed by atoms with Crippen molar-refractivity contribution in [1.82, 2.24) is 19.5 Å². The third-order valence-corrected chi connectivity index (χ3v) is 13.4. The monoisotopic (exact) mass is 858 g/mol. The van der Waals surface area contributed by atoms with E-state index in [1.165, 1.54) is 20.2 Å². The van der Waals surface area contributed by atoms with Crippen LogP contribution in [-0.2, 0) is 0 Å². The second-order valence-corrected chi connectivity index (χ2v) is 17.3. The summed E-state index contributed by atoms with van der Waals surface area (Å²) in [5.41, 5.74) is 12.8. The van der Waals surface area contributed by atoms with Crippen molar-refractivity contribution in [1.29, 1.82) is 10.5 Å². The number of thiophene rings is 1. The molecule has 12 rings (SSSR count). The van der Waals surface area contributed by atoms with Gasteiger partial charge in [-0.2, -0.15) is 10.5 Å². The zero-order valence-corrected chi connectivity index (χ0v) is 36.0. The number of hydrogen-bond donors (Lipinski definition) is 0. The Balaban J connectivity index is 1.17. The summed E-state index contributed by atoms with van der Waals surface area (Å²) < 4.78 is 4.80. The Labute approximate surface area is 384 Å². The standard InChI is InChI=1S/C59H34N6S/c60-35-37-12-9-18-41(30-37)43-24-27-51-48(32-43)49-33-44(42-19-10-13-38(31-42)36-61)25-28-52(49)65(51)53-29-26-45(46-21-11-23-55-56(46)47-20-7-8-22-54(47)66-55)34-50(53)59-63-57(39-14-3-1-4-15-39)62-58(64-59)40-16-5-2-6-17-40/h1-34H. The summed E-state index contributed by atoms with van der Waals surface area (Å²) >= 11 is 1.81. The third-order valence-electron chi connectivity index (χ3n) is 12.3. The summed E-state index contributed by atoms with van der Waals surface area (Å²) in [5, 5.41) is 24.1. The van der Waals surface area contributed by atoms with Gasteiger partial charge in [0.1, 0.15) is 0 Å². The van der Waals surface area contributed by atoms with Crippen LogP contribution in [0.15, 0.2) is 206 Å². The Bertz CT molecular complexity index is 3790. The molecule has 0 fully saturated rings. The van der Waals surface area contributed by atoms with Crippen LogP contribution in [0, 0.1) is 22.7 Å². The van der Waals surface area contributed by atoms with Crippen LogP contribution in [0.4, 0.5) is 0 Å². The Morgan fingerprint density at radius 3 is 1.47 bits per heavy atom. The molecule has 0 unspecified atom stereocenters. The van der Waals surface area contributed by atoms with Crippen LogP contribution in [0.2, 0.25) is 0 Å². The van der Waals surface area contributed by atoms with Crippen molar-refractivity contribution in [3.05, 3.63) is 217 Å². The van der Waals surface area contributed by atoms with Gasteiger partial charge in [-0.05, 0) is 106 Å². The maximum absolute atomic E-state index is 9.80. The first-order valence-electron chi connectivity index (χ1n) is 21.6. The molecule has 306 valence electrons. The lowest BCUT2D eigenvalue weighted by Gasteiger charge is -2.17. The molecule has 0 radical (unpaired) electrons. The van der Waals surface area contributed by atoms with Crippen LogP contribution in [0.25, 0.3) is 115 Å². The first-order chi connectivity index (χ1) is 32.6. The van der Waals surface area contributed by atoms with Gasteiger partial charge in [0, 0.05) is 47.6 Å².